The second-order valence-corrected chi connectivity index (χ2v) is 1.15. The van der Waals surface area contributed by atoms with E-state index in [1.807, 2.05) is 0 Å². The summed E-state index contributed by atoms with van der Waals surface area (Å²) in [5.41, 5.74) is 0. The molecule has 0 aromatic rings. The molecule has 0 fully saturated rings. The molecular formula is C4K2O8Pt. The Kier molecular flexibility index (Phi) is 36.6. The molecule has 0 aliphatic heterocycles. The zero-order valence-corrected chi connectivity index (χ0v) is 16.1. The van der Waals surface area contributed by atoms with E-state index in [1.165, 1.54) is 0 Å². The molecule has 0 aromatic carbocycles. The SMILES string of the molecule is O=C([O-])C(=O)[O-].O=C([O-])C(=O)[O-].[K+].[K+].[Pt+2]. The summed E-state index contributed by atoms with van der Waals surface area (Å²) in [5, 5.41) is 35.7. The van der Waals surface area contributed by atoms with Gasteiger partial charge in [-0.1, -0.05) is 0 Å². The van der Waals surface area contributed by atoms with Gasteiger partial charge in [-0.3, -0.25) is 0 Å². The first-order chi connectivity index (χ1) is 5.29. The van der Waals surface area contributed by atoms with E-state index < -0.39 is 23.9 Å². The zero-order valence-electron chi connectivity index (χ0n) is 7.58. The molecule has 0 rings (SSSR count). The smallest absolute Gasteiger partial charge is 0.543 e. The molecule has 0 atom stereocenters. The molecule has 0 saturated heterocycles. The van der Waals surface area contributed by atoms with Gasteiger partial charge in [0, 0.05) is 0 Å². The Morgan fingerprint density at radius 1 is 0.533 bits per heavy atom. The third-order valence-electron chi connectivity index (χ3n) is 0.333. The van der Waals surface area contributed by atoms with Crippen LogP contribution >= 0.6 is 0 Å². The van der Waals surface area contributed by atoms with E-state index in [4.69, 9.17) is 39.6 Å². The van der Waals surface area contributed by atoms with Crippen LogP contribution in [0.2, 0.25) is 0 Å². The first kappa shape index (κ1) is 30.1. The van der Waals surface area contributed by atoms with Crippen molar-refractivity contribution in [3.8, 4) is 0 Å². The minimum Gasteiger partial charge on any atom is -0.543 e. The summed E-state index contributed by atoms with van der Waals surface area (Å²) in [5.74, 6) is -8.74. The fourth-order valence-corrected chi connectivity index (χ4v) is 0. The van der Waals surface area contributed by atoms with Gasteiger partial charge in [0.05, 0.1) is 23.9 Å². The molecule has 0 aliphatic carbocycles. The topological polar surface area (TPSA) is 161 Å². The Labute approximate surface area is 183 Å². The van der Waals surface area contributed by atoms with Gasteiger partial charge in [0.1, 0.15) is 0 Å². The molecule has 0 bridgehead atoms. The molecule has 0 aliphatic rings. The summed E-state index contributed by atoms with van der Waals surface area (Å²) in [4.78, 5) is 35.7. The summed E-state index contributed by atoms with van der Waals surface area (Å²) in [6, 6.07) is 0. The third kappa shape index (κ3) is 31.3. The molecule has 0 radical (unpaired) electrons. The van der Waals surface area contributed by atoms with Crippen LogP contribution in [0, 0.1) is 0 Å². The maximum absolute atomic E-state index is 8.93. The van der Waals surface area contributed by atoms with Gasteiger partial charge in [0.15, 0.2) is 0 Å². The number of aliphatic carboxylic acids is 4. The summed E-state index contributed by atoms with van der Waals surface area (Å²) in [6.07, 6.45) is 0. The van der Waals surface area contributed by atoms with E-state index in [1.54, 1.807) is 0 Å². The number of carbonyl (C=O) groups excluding carboxylic acids is 4. The van der Waals surface area contributed by atoms with Crippen LogP contribution in [0.4, 0.5) is 0 Å². The number of carbonyl (C=O) groups is 4. The van der Waals surface area contributed by atoms with Crippen LogP contribution in [-0.2, 0) is 40.2 Å². The Balaban J connectivity index is -0.0000000370. The molecule has 8 nitrogen and oxygen atoms in total. The molecule has 0 heterocycles. The molecule has 76 valence electrons. The first-order valence-electron chi connectivity index (χ1n) is 2.13. The summed E-state index contributed by atoms with van der Waals surface area (Å²) in [7, 11) is 0. The molecule has 0 unspecified atom stereocenters. The van der Waals surface area contributed by atoms with Crippen molar-refractivity contribution in [2.45, 2.75) is 0 Å². The van der Waals surface area contributed by atoms with Gasteiger partial charge in [0.2, 0.25) is 0 Å². The number of carboxylic acids is 4. The minimum absolute atomic E-state index is 0. The first-order valence-corrected chi connectivity index (χ1v) is 2.13. The number of hydrogen-bond donors (Lipinski definition) is 0. The summed E-state index contributed by atoms with van der Waals surface area (Å²) < 4.78 is 0. The van der Waals surface area contributed by atoms with Crippen molar-refractivity contribution < 1.29 is 163 Å². The van der Waals surface area contributed by atoms with Crippen LogP contribution in [0.25, 0.3) is 0 Å². The van der Waals surface area contributed by atoms with Gasteiger partial charge in [-0.05, 0) is 0 Å². The van der Waals surface area contributed by atoms with Gasteiger partial charge in [-0.25, -0.2) is 0 Å². The molecule has 0 N–H and O–H groups in total. The molecule has 15 heavy (non-hydrogen) atoms. The Morgan fingerprint density at radius 3 is 0.600 bits per heavy atom. The molecule has 0 aromatic heterocycles. The molecule has 0 spiro atoms. The van der Waals surface area contributed by atoms with Crippen molar-refractivity contribution >= 4 is 23.9 Å². The number of rotatable bonds is 0. The maximum atomic E-state index is 8.93. The van der Waals surface area contributed by atoms with E-state index in [-0.39, 0.29) is 124 Å². The fraction of sp³-hybridized carbons (Fsp3) is 0. The minimum atomic E-state index is -2.19. The van der Waals surface area contributed by atoms with Crippen molar-refractivity contribution in [3.63, 3.8) is 0 Å². The van der Waals surface area contributed by atoms with Crippen molar-refractivity contribution in [1.82, 2.24) is 0 Å². The Morgan fingerprint density at radius 2 is 0.600 bits per heavy atom. The van der Waals surface area contributed by atoms with Crippen molar-refractivity contribution in [2.75, 3.05) is 0 Å². The normalized spacial score (nSPS) is 5.87. The largest absolute Gasteiger partial charge is 2.00 e. The van der Waals surface area contributed by atoms with Crippen molar-refractivity contribution in [2.24, 2.45) is 0 Å². The molecular weight excluding hydrogens is 449 g/mol. The molecule has 0 saturated carbocycles. The average Bonchev–Trinajstić information content (AvgIpc) is 1.88. The Hall–Kier alpha value is 1.84. The standard InChI is InChI=1S/2C2H2O4.2K.Pt/c2*3-1(4)2(5)6;;;/h2*(H,3,4)(H,5,6);;;/q;;2*+1;+2/p-4. The zero-order chi connectivity index (χ0) is 10.3. The predicted molar refractivity (Wildman–Crippen MR) is 20.0 cm³/mol. The van der Waals surface area contributed by atoms with Gasteiger partial charge in [-0.15, -0.1) is 0 Å². The van der Waals surface area contributed by atoms with E-state index in [2.05, 4.69) is 0 Å². The van der Waals surface area contributed by atoms with Crippen LogP contribution in [0.1, 0.15) is 0 Å². The third-order valence-corrected chi connectivity index (χ3v) is 0.333. The van der Waals surface area contributed by atoms with E-state index >= 15 is 0 Å². The van der Waals surface area contributed by atoms with Crippen molar-refractivity contribution in [3.05, 3.63) is 0 Å². The van der Waals surface area contributed by atoms with E-state index in [0.29, 0.717) is 0 Å². The van der Waals surface area contributed by atoms with Crippen LogP contribution < -0.4 is 123 Å². The number of carboxylic acid groups (broad SMARTS) is 4. The molecule has 0 amide bonds. The van der Waals surface area contributed by atoms with E-state index in [9.17, 15) is 0 Å². The summed E-state index contributed by atoms with van der Waals surface area (Å²) >= 11 is 0. The monoisotopic (exact) mass is 449 g/mol. The van der Waals surface area contributed by atoms with Gasteiger partial charge in [0.25, 0.3) is 0 Å². The van der Waals surface area contributed by atoms with Gasteiger partial charge >= 0.3 is 124 Å². The van der Waals surface area contributed by atoms with Crippen molar-refractivity contribution in [1.29, 1.82) is 0 Å². The van der Waals surface area contributed by atoms with E-state index in [0.717, 1.165) is 0 Å². The average molecular weight is 449 g/mol. The maximum Gasteiger partial charge on any atom is 2.00 e. The van der Waals surface area contributed by atoms with Gasteiger partial charge in [-0.2, -0.15) is 0 Å². The van der Waals surface area contributed by atoms with Crippen LogP contribution in [-0.4, -0.2) is 23.9 Å². The Bertz CT molecular complexity index is 181. The van der Waals surface area contributed by atoms with Crippen LogP contribution in [0.15, 0.2) is 0 Å². The van der Waals surface area contributed by atoms with Gasteiger partial charge < -0.3 is 39.6 Å². The van der Waals surface area contributed by atoms with Crippen LogP contribution in [0.5, 0.6) is 0 Å². The number of hydrogen-bond acceptors (Lipinski definition) is 8. The second-order valence-electron chi connectivity index (χ2n) is 1.15. The molecule has 11 heteroatoms. The van der Waals surface area contributed by atoms with Crippen LogP contribution in [0.3, 0.4) is 0 Å². The quantitative estimate of drug-likeness (QED) is 0.260. The summed E-state index contributed by atoms with van der Waals surface area (Å²) in [6.45, 7) is 0. The fourth-order valence-electron chi connectivity index (χ4n) is 0. The second kappa shape index (κ2) is 18.2. The predicted octanol–water partition coefficient (Wildman–Crippen LogP) is -13.0.